The smallest absolute Gasteiger partial charge is 0.226 e. The molecule has 1 unspecified atom stereocenters. The third kappa shape index (κ3) is 2.90. The molecule has 1 aromatic rings. The fourth-order valence-electron chi connectivity index (χ4n) is 2.42. The van der Waals surface area contributed by atoms with Gasteiger partial charge in [-0.1, -0.05) is 0 Å². The Labute approximate surface area is 109 Å². The molecule has 0 aliphatic carbocycles. The normalized spacial score (nSPS) is 19.6. The van der Waals surface area contributed by atoms with Crippen molar-refractivity contribution < 1.29 is 0 Å². The van der Waals surface area contributed by atoms with E-state index in [-0.39, 0.29) is 0 Å². The Morgan fingerprint density at radius 3 is 2.89 bits per heavy atom. The Morgan fingerprint density at radius 2 is 2.28 bits per heavy atom. The summed E-state index contributed by atoms with van der Waals surface area (Å²) in [6.45, 7) is 5.36. The Bertz CT molecular complexity index is 373. The first-order valence-electron chi connectivity index (χ1n) is 6.70. The van der Waals surface area contributed by atoms with E-state index in [9.17, 15) is 0 Å². The van der Waals surface area contributed by atoms with E-state index in [0.29, 0.717) is 6.04 Å². The zero-order valence-electron chi connectivity index (χ0n) is 11.6. The van der Waals surface area contributed by atoms with Crippen LogP contribution in [0.4, 0.5) is 11.8 Å². The second-order valence-electron chi connectivity index (χ2n) is 4.90. The highest BCUT2D eigenvalue weighted by Gasteiger charge is 2.21. The summed E-state index contributed by atoms with van der Waals surface area (Å²) in [4.78, 5) is 13.2. The van der Waals surface area contributed by atoms with Gasteiger partial charge in [-0.3, -0.25) is 0 Å². The molecule has 0 amide bonds. The van der Waals surface area contributed by atoms with E-state index in [2.05, 4.69) is 27.1 Å². The molecule has 1 N–H and O–H groups in total. The van der Waals surface area contributed by atoms with E-state index in [1.54, 1.807) is 0 Å². The molecular weight excluding hydrogens is 226 g/mol. The molecular formula is C13H23N5. The van der Waals surface area contributed by atoms with Crippen molar-refractivity contribution in [1.82, 2.24) is 15.3 Å². The minimum Gasteiger partial charge on any atom is -0.352 e. The standard InChI is InChI=1S/C13H23N5/c1-4-18(11-6-5-8-14-10-11)12-7-9-15-13(16-12)17(2)3/h7,9,11,14H,4-6,8,10H2,1-3H3. The molecule has 5 heteroatoms. The molecule has 0 bridgehead atoms. The largest absolute Gasteiger partial charge is 0.352 e. The number of nitrogens with zero attached hydrogens (tertiary/aromatic N) is 4. The van der Waals surface area contributed by atoms with Gasteiger partial charge < -0.3 is 15.1 Å². The van der Waals surface area contributed by atoms with Crippen LogP contribution in [0.2, 0.25) is 0 Å². The summed E-state index contributed by atoms with van der Waals surface area (Å²) >= 11 is 0. The Morgan fingerprint density at radius 1 is 1.44 bits per heavy atom. The number of hydrogen-bond donors (Lipinski definition) is 1. The SMILES string of the molecule is CCN(c1ccnc(N(C)C)n1)C1CCCNC1. The maximum Gasteiger partial charge on any atom is 0.226 e. The second-order valence-corrected chi connectivity index (χ2v) is 4.90. The van der Waals surface area contributed by atoms with E-state index in [1.165, 1.54) is 12.8 Å². The van der Waals surface area contributed by atoms with Crippen molar-refractivity contribution in [2.45, 2.75) is 25.8 Å². The van der Waals surface area contributed by atoms with Gasteiger partial charge in [-0.05, 0) is 32.4 Å². The van der Waals surface area contributed by atoms with Gasteiger partial charge in [0, 0.05) is 39.4 Å². The highest BCUT2D eigenvalue weighted by atomic mass is 15.3. The second kappa shape index (κ2) is 6.00. The summed E-state index contributed by atoms with van der Waals surface area (Å²) in [5, 5.41) is 3.46. The molecule has 1 saturated heterocycles. The Kier molecular flexibility index (Phi) is 4.36. The predicted molar refractivity (Wildman–Crippen MR) is 75.3 cm³/mol. The van der Waals surface area contributed by atoms with Crippen molar-refractivity contribution >= 4 is 11.8 Å². The van der Waals surface area contributed by atoms with Crippen molar-refractivity contribution in [3.8, 4) is 0 Å². The monoisotopic (exact) mass is 249 g/mol. The minimum atomic E-state index is 0.550. The molecule has 2 rings (SSSR count). The van der Waals surface area contributed by atoms with Gasteiger partial charge in [0.25, 0.3) is 0 Å². The van der Waals surface area contributed by atoms with E-state index >= 15 is 0 Å². The molecule has 0 spiro atoms. The zero-order chi connectivity index (χ0) is 13.0. The quantitative estimate of drug-likeness (QED) is 0.866. The lowest BCUT2D eigenvalue weighted by molar-refractivity contribution is 0.433. The lowest BCUT2D eigenvalue weighted by Crippen LogP contribution is -2.46. The van der Waals surface area contributed by atoms with Crippen LogP contribution in [-0.4, -0.2) is 49.7 Å². The fourth-order valence-corrected chi connectivity index (χ4v) is 2.42. The van der Waals surface area contributed by atoms with Gasteiger partial charge in [0.15, 0.2) is 0 Å². The molecule has 0 saturated carbocycles. The molecule has 0 radical (unpaired) electrons. The molecule has 1 aromatic heterocycles. The van der Waals surface area contributed by atoms with Crippen LogP contribution in [0.5, 0.6) is 0 Å². The summed E-state index contributed by atoms with van der Waals surface area (Å²) in [5.74, 6) is 1.81. The van der Waals surface area contributed by atoms with Gasteiger partial charge in [-0.15, -0.1) is 0 Å². The lowest BCUT2D eigenvalue weighted by Gasteiger charge is -2.35. The van der Waals surface area contributed by atoms with Gasteiger partial charge in [-0.2, -0.15) is 4.98 Å². The summed E-state index contributed by atoms with van der Waals surface area (Å²) in [6, 6.07) is 2.55. The first kappa shape index (κ1) is 13.1. The maximum absolute atomic E-state index is 4.63. The number of hydrogen-bond acceptors (Lipinski definition) is 5. The molecule has 100 valence electrons. The predicted octanol–water partition coefficient (Wildman–Crippen LogP) is 1.12. The van der Waals surface area contributed by atoms with Crippen molar-refractivity contribution in [3.05, 3.63) is 12.3 Å². The van der Waals surface area contributed by atoms with Crippen LogP contribution in [0.1, 0.15) is 19.8 Å². The molecule has 18 heavy (non-hydrogen) atoms. The first-order chi connectivity index (χ1) is 8.72. The minimum absolute atomic E-state index is 0.550. The van der Waals surface area contributed by atoms with Gasteiger partial charge in [-0.25, -0.2) is 4.98 Å². The van der Waals surface area contributed by atoms with E-state index in [4.69, 9.17) is 0 Å². The highest BCUT2D eigenvalue weighted by molar-refractivity contribution is 5.44. The van der Waals surface area contributed by atoms with Crippen molar-refractivity contribution in [2.75, 3.05) is 43.5 Å². The molecule has 0 aromatic carbocycles. The first-order valence-corrected chi connectivity index (χ1v) is 6.70. The number of piperidine rings is 1. The van der Waals surface area contributed by atoms with Crippen LogP contribution in [0.15, 0.2) is 12.3 Å². The number of aromatic nitrogens is 2. The van der Waals surface area contributed by atoms with Gasteiger partial charge in [0.2, 0.25) is 5.95 Å². The maximum atomic E-state index is 4.63. The number of likely N-dealkylation sites (N-methyl/N-ethyl adjacent to an activating group) is 1. The number of anilines is 2. The number of rotatable bonds is 4. The van der Waals surface area contributed by atoms with Crippen LogP contribution >= 0.6 is 0 Å². The van der Waals surface area contributed by atoms with E-state index in [0.717, 1.165) is 31.4 Å². The summed E-state index contributed by atoms with van der Waals surface area (Å²) in [5.41, 5.74) is 0. The van der Waals surface area contributed by atoms with Crippen molar-refractivity contribution in [2.24, 2.45) is 0 Å². The van der Waals surface area contributed by atoms with Gasteiger partial charge in [0.1, 0.15) is 5.82 Å². The van der Waals surface area contributed by atoms with E-state index in [1.807, 2.05) is 31.3 Å². The third-order valence-corrected chi connectivity index (χ3v) is 3.37. The van der Waals surface area contributed by atoms with Crippen LogP contribution in [0.25, 0.3) is 0 Å². The average molecular weight is 249 g/mol. The van der Waals surface area contributed by atoms with Crippen LogP contribution < -0.4 is 15.1 Å². The fraction of sp³-hybridized carbons (Fsp3) is 0.692. The van der Waals surface area contributed by atoms with Crippen LogP contribution in [0.3, 0.4) is 0 Å². The van der Waals surface area contributed by atoms with Crippen LogP contribution in [-0.2, 0) is 0 Å². The van der Waals surface area contributed by atoms with Crippen LogP contribution in [0, 0.1) is 0 Å². The van der Waals surface area contributed by atoms with Gasteiger partial charge >= 0.3 is 0 Å². The Hall–Kier alpha value is -1.36. The lowest BCUT2D eigenvalue weighted by atomic mass is 10.1. The third-order valence-electron chi connectivity index (χ3n) is 3.37. The molecule has 1 fully saturated rings. The topological polar surface area (TPSA) is 44.3 Å². The van der Waals surface area contributed by atoms with Crippen molar-refractivity contribution in [3.63, 3.8) is 0 Å². The van der Waals surface area contributed by atoms with Crippen molar-refractivity contribution in [1.29, 1.82) is 0 Å². The Balaban J connectivity index is 2.18. The van der Waals surface area contributed by atoms with Gasteiger partial charge in [0.05, 0.1) is 0 Å². The highest BCUT2D eigenvalue weighted by Crippen LogP contribution is 2.19. The van der Waals surface area contributed by atoms with E-state index < -0.39 is 0 Å². The summed E-state index contributed by atoms with van der Waals surface area (Å²) in [6.07, 6.45) is 4.32. The molecule has 5 nitrogen and oxygen atoms in total. The summed E-state index contributed by atoms with van der Waals surface area (Å²) < 4.78 is 0. The molecule has 2 heterocycles. The molecule has 1 atom stereocenters. The molecule has 1 aliphatic heterocycles. The molecule has 1 aliphatic rings. The number of nitrogens with one attached hydrogen (secondary N) is 1. The zero-order valence-corrected chi connectivity index (χ0v) is 11.6. The average Bonchev–Trinajstić information content (AvgIpc) is 2.41. The summed E-state index contributed by atoms with van der Waals surface area (Å²) in [7, 11) is 3.94.